The topological polar surface area (TPSA) is 78.4 Å². The zero-order chi connectivity index (χ0) is 17.2. The molecule has 6 nitrogen and oxygen atoms in total. The average molecular weight is 332 g/mol. The summed E-state index contributed by atoms with van der Waals surface area (Å²) in [6, 6.07) is 1.93. The number of aromatic nitrogens is 2. The molecule has 2 N–H and O–H groups in total. The van der Waals surface area contributed by atoms with Crippen molar-refractivity contribution in [2.45, 2.75) is 69.9 Å². The number of nitrogens with one attached hydrogen (secondary N) is 1. The molecule has 2 heterocycles. The summed E-state index contributed by atoms with van der Waals surface area (Å²) < 4.78 is 0. The number of nitrogens with zero attached hydrogens (tertiary/aromatic N) is 3. The number of rotatable bonds is 4. The van der Waals surface area contributed by atoms with E-state index in [4.69, 9.17) is 0 Å². The van der Waals surface area contributed by atoms with Crippen LogP contribution in [0.4, 0.5) is 5.82 Å². The third-order valence-corrected chi connectivity index (χ3v) is 5.29. The van der Waals surface area contributed by atoms with Crippen LogP contribution in [0.2, 0.25) is 0 Å². The van der Waals surface area contributed by atoms with E-state index in [1.807, 2.05) is 24.9 Å². The second-order valence-electron chi connectivity index (χ2n) is 7.18. The van der Waals surface area contributed by atoms with Crippen LogP contribution < -0.4 is 5.32 Å². The Labute approximate surface area is 143 Å². The first-order chi connectivity index (χ1) is 11.5. The predicted octanol–water partition coefficient (Wildman–Crippen LogP) is 2.58. The predicted molar refractivity (Wildman–Crippen MR) is 92.7 cm³/mol. The van der Waals surface area contributed by atoms with Crippen LogP contribution in [0.5, 0.6) is 0 Å². The van der Waals surface area contributed by atoms with Crippen molar-refractivity contribution in [3.8, 4) is 0 Å². The first-order valence-electron chi connectivity index (χ1n) is 9.06. The Morgan fingerprint density at radius 3 is 2.79 bits per heavy atom. The van der Waals surface area contributed by atoms with Crippen molar-refractivity contribution in [3.05, 3.63) is 17.6 Å². The summed E-state index contributed by atoms with van der Waals surface area (Å²) in [6.07, 6.45) is 6.83. The van der Waals surface area contributed by atoms with Gasteiger partial charge in [-0.3, -0.25) is 4.79 Å². The van der Waals surface area contributed by atoms with Crippen LogP contribution in [0.15, 0.2) is 6.07 Å². The summed E-state index contributed by atoms with van der Waals surface area (Å²) in [5, 5.41) is 13.8. The number of amides is 1. The first kappa shape index (κ1) is 17.1. The molecule has 2 fully saturated rings. The molecular weight excluding hydrogens is 304 g/mol. The minimum absolute atomic E-state index is 0.00140. The molecule has 1 saturated carbocycles. The van der Waals surface area contributed by atoms with Crippen LogP contribution in [0, 0.1) is 6.92 Å². The molecule has 132 valence electrons. The standard InChI is InChI=1S/C18H28N4O2/c1-13-20-14(11-16(19-2)21-13)15-7-6-10-22(15)17(23)12-18(24)8-4-3-5-9-18/h11,15,24H,3-10,12H2,1-2H3,(H,19,20,21). The number of carbonyl (C=O) groups excluding carboxylic acids is 1. The Balaban J connectivity index is 1.75. The van der Waals surface area contributed by atoms with Gasteiger partial charge in [0.2, 0.25) is 5.91 Å². The minimum atomic E-state index is -0.805. The number of hydrogen-bond donors (Lipinski definition) is 2. The maximum Gasteiger partial charge on any atom is 0.226 e. The largest absolute Gasteiger partial charge is 0.389 e. The van der Waals surface area contributed by atoms with E-state index >= 15 is 0 Å². The normalized spacial score (nSPS) is 23.3. The number of likely N-dealkylation sites (tertiary alicyclic amines) is 1. The molecule has 1 unspecified atom stereocenters. The molecule has 1 aromatic rings. The molecule has 1 saturated heterocycles. The van der Waals surface area contributed by atoms with Gasteiger partial charge in [-0.1, -0.05) is 19.3 Å². The van der Waals surface area contributed by atoms with Crippen molar-refractivity contribution in [2.75, 3.05) is 18.9 Å². The Hall–Kier alpha value is -1.69. The first-order valence-corrected chi connectivity index (χ1v) is 9.06. The molecule has 0 radical (unpaired) electrons. The molecule has 24 heavy (non-hydrogen) atoms. The van der Waals surface area contributed by atoms with Crippen molar-refractivity contribution in [1.82, 2.24) is 14.9 Å². The quantitative estimate of drug-likeness (QED) is 0.886. The molecular formula is C18H28N4O2. The fourth-order valence-electron chi connectivity index (χ4n) is 4.03. The summed E-state index contributed by atoms with van der Waals surface area (Å²) >= 11 is 0. The molecule has 0 aromatic carbocycles. The number of aryl methyl sites for hydroxylation is 1. The summed E-state index contributed by atoms with van der Waals surface area (Å²) in [7, 11) is 1.84. The number of hydrogen-bond acceptors (Lipinski definition) is 5. The second-order valence-corrected chi connectivity index (χ2v) is 7.18. The smallest absolute Gasteiger partial charge is 0.226 e. The third-order valence-electron chi connectivity index (χ3n) is 5.29. The van der Waals surface area contributed by atoms with E-state index in [1.165, 1.54) is 0 Å². The van der Waals surface area contributed by atoms with E-state index in [1.54, 1.807) is 0 Å². The molecule has 1 aliphatic heterocycles. The molecule has 1 aromatic heterocycles. The van der Waals surface area contributed by atoms with Gasteiger partial charge < -0.3 is 15.3 Å². The summed E-state index contributed by atoms with van der Waals surface area (Å²) in [6.45, 7) is 2.62. The highest BCUT2D eigenvalue weighted by atomic mass is 16.3. The van der Waals surface area contributed by atoms with Gasteiger partial charge in [0.25, 0.3) is 0 Å². The molecule has 1 atom stereocenters. The van der Waals surface area contributed by atoms with E-state index in [-0.39, 0.29) is 18.4 Å². The summed E-state index contributed by atoms with van der Waals surface area (Å²) in [4.78, 5) is 23.6. The monoisotopic (exact) mass is 332 g/mol. The van der Waals surface area contributed by atoms with Crippen molar-refractivity contribution in [2.24, 2.45) is 0 Å². The van der Waals surface area contributed by atoms with E-state index in [9.17, 15) is 9.90 Å². The molecule has 3 rings (SSSR count). The third kappa shape index (κ3) is 3.69. The van der Waals surface area contributed by atoms with E-state index < -0.39 is 5.60 Å². The van der Waals surface area contributed by atoms with Crippen molar-refractivity contribution >= 4 is 11.7 Å². The lowest BCUT2D eigenvalue weighted by molar-refractivity contribution is -0.138. The highest BCUT2D eigenvalue weighted by Gasteiger charge is 2.37. The van der Waals surface area contributed by atoms with Gasteiger partial charge >= 0.3 is 0 Å². The van der Waals surface area contributed by atoms with E-state index in [0.29, 0.717) is 5.82 Å². The lowest BCUT2D eigenvalue weighted by Crippen LogP contribution is -2.40. The molecule has 6 heteroatoms. The van der Waals surface area contributed by atoms with E-state index in [0.717, 1.165) is 63.0 Å². The van der Waals surface area contributed by atoms with E-state index in [2.05, 4.69) is 15.3 Å². The second kappa shape index (κ2) is 7.05. The lowest BCUT2D eigenvalue weighted by Gasteiger charge is -2.34. The summed E-state index contributed by atoms with van der Waals surface area (Å²) in [5.74, 6) is 1.55. The van der Waals surface area contributed by atoms with Crippen molar-refractivity contribution in [1.29, 1.82) is 0 Å². The van der Waals surface area contributed by atoms with Gasteiger partial charge in [0.1, 0.15) is 11.6 Å². The Kier molecular flexibility index (Phi) is 5.04. The number of anilines is 1. The zero-order valence-corrected chi connectivity index (χ0v) is 14.7. The average Bonchev–Trinajstić information content (AvgIpc) is 3.04. The van der Waals surface area contributed by atoms with Crippen LogP contribution in [-0.2, 0) is 4.79 Å². The van der Waals surface area contributed by atoms with Crippen LogP contribution in [0.25, 0.3) is 0 Å². The van der Waals surface area contributed by atoms with Gasteiger partial charge in [-0.25, -0.2) is 9.97 Å². The maximum absolute atomic E-state index is 12.8. The Morgan fingerprint density at radius 1 is 1.33 bits per heavy atom. The number of aliphatic hydroxyl groups is 1. The van der Waals surface area contributed by atoms with Gasteiger partial charge in [-0.2, -0.15) is 0 Å². The van der Waals surface area contributed by atoms with Crippen LogP contribution in [-0.4, -0.2) is 45.1 Å². The van der Waals surface area contributed by atoms with Crippen molar-refractivity contribution < 1.29 is 9.90 Å². The van der Waals surface area contributed by atoms with Crippen LogP contribution in [0.1, 0.15) is 68.9 Å². The molecule has 0 bridgehead atoms. The SMILES string of the molecule is CNc1cc(C2CCCN2C(=O)CC2(O)CCCCC2)nc(C)n1. The fraction of sp³-hybridized carbons (Fsp3) is 0.722. The maximum atomic E-state index is 12.8. The lowest BCUT2D eigenvalue weighted by atomic mass is 9.82. The highest BCUT2D eigenvalue weighted by molar-refractivity contribution is 5.78. The summed E-state index contributed by atoms with van der Waals surface area (Å²) in [5.41, 5.74) is 0.0912. The highest BCUT2D eigenvalue weighted by Crippen LogP contribution is 2.36. The fourth-order valence-corrected chi connectivity index (χ4v) is 4.03. The van der Waals surface area contributed by atoms with Crippen LogP contribution >= 0.6 is 0 Å². The van der Waals surface area contributed by atoms with Gasteiger partial charge in [-0.05, 0) is 32.6 Å². The Morgan fingerprint density at radius 2 is 2.08 bits per heavy atom. The molecule has 2 aliphatic rings. The van der Waals surface area contributed by atoms with Crippen molar-refractivity contribution in [3.63, 3.8) is 0 Å². The Bertz CT molecular complexity index is 599. The van der Waals surface area contributed by atoms with Gasteiger partial charge in [0, 0.05) is 19.7 Å². The molecule has 1 amide bonds. The molecule has 0 spiro atoms. The van der Waals surface area contributed by atoms with Gasteiger partial charge in [0.05, 0.1) is 23.8 Å². The number of carbonyl (C=O) groups is 1. The van der Waals surface area contributed by atoms with Crippen LogP contribution in [0.3, 0.4) is 0 Å². The minimum Gasteiger partial charge on any atom is -0.389 e. The zero-order valence-electron chi connectivity index (χ0n) is 14.7. The van der Waals surface area contributed by atoms with Gasteiger partial charge in [0.15, 0.2) is 0 Å². The molecule has 1 aliphatic carbocycles. The van der Waals surface area contributed by atoms with Gasteiger partial charge in [-0.15, -0.1) is 0 Å².